The summed E-state index contributed by atoms with van der Waals surface area (Å²) in [5.41, 5.74) is 0.712. The molecule has 0 aliphatic rings. The van der Waals surface area contributed by atoms with Gasteiger partial charge in [-0.15, -0.1) is 0 Å². The van der Waals surface area contributed by atoms with E-state index in [4.69, 9.17) is 14.3 Å². The lowest BCUT2D eigenvalue weighted by Gasteiger charge is -2.07. The Kier molecular flexibility index (Phi) is 7.98. The molecule has 3 amide bonds. The molecule has 1 aromatic rings. The molecule has 0 aliphatic carbocycles. The second-order valence-electron chi connectivity index (χ2n) is 4.43. The summed E-state index contributed by atoms with van der Waals surface area (Å²) in [6, 6.07) is 4.64. The molecule has 1 rings (SSSR count). The fourth-order valence-electron chi connectivity index (χ4n) is 1.57. The summed E-state index contributed by atoms with van der Waals surface area (Å²) in [5, 5.41) is 8.30. The average Bonchev–Trinajstić information content (AvgIpc) is 2.56. The van der Waals surface area contributed by atoms with E-state index in [1.807, 2.05) is 6.92 Å². The molecule has 0 aromatic heterocycles. The van der Waals surface area contributed by atoms with Gasteiger partial charge in [0.25, 0.3) is 5.91 Å². The quantitative estimate of drug-likeness (QED) is 0.555. The van der Waals surface area contributed by atoms with Gasteiger partial charge in [-0.25, -0.2) is 4.79 Å². The van der Waals surface area contributed by atoms with Gasteiger partial charge in [-0.3, -0.25) is 10.1 Å². The highest BCUT2D eigenvalue weighted by Gasteiger charge is 2.07. The van der Waals surface area contributed by atoms with Crippen LogP contribution in [0.15, 0.2) is 23.4 Å². The minimum atomic E-state index is -0.580. The average molecular weight is 323 g/mol. The first-order chi connectivity index (χ1) is 11.1. The summed E-state index contributed by atoms with van der Waals surface area (Å²) in [6.07, 6.45) is 2.21. The Balaban J connectivity index is 2.41. The zero-order valence-corrected chi connectivity index (χ0v) is 13.4. The van der Waals surface area contributed by atoms with Gasteiger partial charge in [-0.2, -0.15) is 0 Å². The van der Waals surface area contributed by atoms with Gasteiger partial charge in [0.1, 0.15) is 0 Å². The van der Waals surface area contributed by atoms with E-state index < -0.39 is 11.9 Å². The Labute approximate surface area is 134 Å². The molecule has 0 atom stereocenters. The van der Waals surface area contributed by atoms with E-state index in [-0.39, 0.29) is 6.61 Å². The summed E-state index contributed by atoms with van der Waals surface area (Å²) in [7, 11) is 3.08. The first-order valence-electron chi connectivity index (χ1n) is 7.05. The number of ether oxygens (including phenoxy) is 2. The number of hydrogen-bond donors (Lipinski definition) is 2. The third-order valence-electron chi connectivity index (χ3n) is 2.67. The van der Waals surface area contributed by atoms with Crippen LogP contribution in [-0.4, -0.2) is 45.5 Å². The zero-order chi connectivity index (χ0) is 17.1. The van der Waals surface area contributed by atoms with Crippen molar-refractivity contribution in [1.29, 1.82) is 0 Å². The van der Waals surface area contributed by atoms with E-state index in [2.05, 4.69) is 15.8 Å². The molecule has 0 spiro atoms. The molecule has 0 saturated carbocycles. The summed E-state index contributed by atoms with van der Waals surface area (Å²) in [4.78, 5) is 27.5. The Morgan fingerprint density at radius 2 is 1.96 bits per heavy atom. The molecule has 2 N–H and O–H groups in total. The van der Waals surface area contributed by atoms with Crippen molar-refractivity contribution >= 4 is 18.2 Å². The van der Waals surface area contributed by atoms with E-state index in [1.165, 1.54) is 13.3 Å². The second-order valence-corrected chi connectivity index (χ2v) is 4.43. The number of urea groups is 1. The van der Waals surface area contributed by atoms with Crippen LogP contribution in [0.2, 0.25) is 0 Å². The number of methoxy groups -OCH3 is 2. The maximum atomic E-state index is 11.4. The normalized spacial score (nSPS) is 10.2. The fraction of sp³-hybridized carbons (Fsp3) is 0.400. The summed E-state index contributed by atoms with van der Waals surface area (Å²) in [6.45, 7) is 2.05. The van der Waals surface area contributed by atoms with Crippen LogP contribution in [0, 0.1) is 0 Å². The molecule has 126 valence electrons. The zero-order valence-electron chi connectivity index (χ0n) is 13.4. The Hall–Kier alpha value is -2.77. The van der Waals surface area contributed by atoms with Crippen molar-refractivity contribution in [3.8, 4) is 11.5 Å². The van der Waals surface area contributed by atoms with Crippen LogP contribution >= 0.6 is 0 Å². The summed E-state index contributed by atoms with van der Waals surface area (Å²) < 4.78 is 10.3. The van der Waals surface area contributed by atoms with E-state index in [9.17, 15) is 9.59 Å². The maximum Gasteiger partial charge on any atom is 0.321 e. The van der Waals surface area contributed by atoms with Crippen LogP contribution in [0.5, 0.6) is 11.5 Å². The SMILES string of the molecule is CCCNC(=O)NC(=O)CO/N=C\c1ccc(OC)c(OC)c1. The molecular weight excluding hydrogens is 302 g/mol. The van der Waals surface area contributed by atoms with Crippen LogP contribution in [0.25, 0.3) is 0 Å². The molecule has 0 radical (unpaired) electrons. The molecular formula is C15H21N3O5. The van der Waals surface area contributed by atoms with Crippen molar-refractivity contribution in [2.45, 2.75) is 13.3 Å². The Bertz CT molecular complexity index is 560. The number of nitrogens with one attached hydrogen (secondary N) is 2. The van der Waals surface area contributed by atoms with Gasteiger partial charge >= 0.3 is 6.03 Å². The van der Waals surface area contributed by atoms with Gasteiger partial charge in [0.15, 0.2) is 18.1 Å². The number of carbonyl (C=O) groups is 2. The lowest BCUT2D eigenvalue weighted by Crippen LogP contribution is -2.41. The summed E-state index contributed by atoms with van der Waals surface area (Å²) in [5.74, 6) is 0.577. The predicted octanol–water partition coefficient (Wildman–Crippen LogP) is 1.29. The lowest BCUT2D eigenvalue weighted by molar-refractivity contribution is -0.124. The molecule has 0 heterocycles. The second kappa shape index (κ2) is 10.0. The number of rotatable bonds is 8. The fourth-order valence-corrected chi connectivity index (χ4v) is 1.57. The standard InChI is InChI=1S/C15H21N3O5/c1-4-7-16-15(20)18-14(19)10-23-17-9-11-5-6-12(21-2)13(8-11)22-3/h5-6,8-9H,4,7,10H2,1-3H3,(H2,16,18,19,20)/b17-9-. The van der Waals surface area contributed by atoms with Crippen molar-refractivity contribution < 1.29 is 23.9 Å². The number of amides is 3. The van der Waals surface area contributed by atoms with Gasteiger partial charge in [0.2, 0.25) is 0 Å². The first-order valence-corrected chi connectivity index (χ1v) is 7.05. The van der Waals surface area contributed by atoms with Crippen molar-refractivity contribution in [3.05, 3.63) is 23.8 Å². The highest BCUT2D eigenvalue weighted by atomic mass is 16.6. The van der Waals surface area contributed by atoms with Gasteiger partial charge in [0, 0.05) is 12.1 Å². The third-order valence-corrected chi connectivity index (χ3v) is 2.67. The maximum absolute atomic E-state index is 11.4. The van der Waals surface area contributed by atoms with Gasteiger partial charge < -0.3 is 19.6 Å². The molecule has 0 bridgehead atoms. The number of hydrogen-bond acceptors (Lipinski definition) is 6. The minimum Gasteiger partial charge on any atom is -0.493 e. The minimum absolute atomic E-state index is 0.358. The third kappa shape index (κ3) is 6.68. The Morgan fingerprint density at radius 3 is 2.61 bits per heavy atom. The number of benzene rings is 1. The molecule has 1 aromatic carbocycles. The predicted molar refractivity (Wildman–Crippen MR) is 84.9 cm³/mol. The van der Waals surface area contributed by atoms with Crippen LogP contribution in [0.4, 0.5) is 4.79 Å². The van der Waals surface area contributed by atoms with Gasteiger partial charge in [-0.1, -0.05) is 12.1 Å². The molecule has 0 fully saturated rings. The van der Waals surface area contributed by atoms with Gasteiger partial charge in [-0.05, 0) is 24.6 Å². The monoisotopic (exact) mass is 323 g/mol. The van der Waals surface area contributed by atoms with Crippen molar-refractivity contribution in [1.82, 2.24) is 10.6 Å². The molecule has 8 nitrogen and oxygen atoms in total. The number of nitrogens with zero attached hydrogens (tertiary/aromatic N) is 1. The van der Waals surface area contributed by atoms with Crippen molar-refractivity contribution in [2.75, 3.05) is 27.4 Å². The van der Waals surface area contributed by atoms with Crippen LogP contribution < -0.4 is 20.1 Å². The number of imide groups is 1. The topological polar surface area (TPSA) is 98.3 Å². The highest BCUT2D eigenvalue weighted by Crippen LogP contribution is 2.26. The van der Waals surface area contributed by atoms with Crippen LogP contribution in [0.3, 0.4) is 0 Å². The van der Waals surface area contributed by atoms with Crippen LogP contribution in [0.1, 0.15) is 18.9 Å². The van der Waals surface area contributed by atoms with E-state index in [0.29, 0.717) is 23.6 Å². The van der Waals surface area contributed by atoms with E-state index in [0.717, 1.165) is 6.42 Å². The molecule has 0 saturated heterocycles. The van der Waals surface area contributed by atoms with Crippen molar-refractivity contribution in [2.24, 2.45) is 5.16 Å². The highest BCUT2D eigenvalue weighted by molar-refractivity contribution is 5.94. The molecule has 0 aliphatic heterocycles. The smallest absolute Gasteiger partial charge is 0.321 e. The molecule has 8 heteroatoms. The van der Waals surface area contributed by atoms with Crippen LogP contribution in [-0.2, 0) is 9.63 Å². The largest absolute Gasteiger partial charge is 0.493 e. The van der Waals surface area contributed by atoms with Gasteiger partial charge in [0.05, 0.1) is 20.4 Å². The van der Waals surface area contributed by atoms with Crippen molar-refractivity contribution in [3.63, 3.8) is 0 Å². The lowest BCUT2D eigenvalue weighted by atomic mass is 10.2. The first kappa shape index (κ1) is 18.3. The number of carbonyl (C=O) groups excluding carboxylic acids is 2. The van der Waals surface area contributed by atoms with E-state index >= 15 is 0 Å². The van der Waals surface area contributed by atoms with E-state index in [1.54, 1.807) is 25.3 Å². The number of oxime groups is 1. The summed E-state index contributed by atoms with van der Waals surface area (Å²) >= 11 is 0. The molecule has 23 heavy (non-hydrogen) atoms. The Morgan fingerprint density at radius 1 is 1.22 bits per heavy atom. The molecule has 0 unspecified atom stereocenters.